The summed E-state index contributed by atoms with van der Waals surface area (Å²) in [5.74, 6) is 0.672. The van der Waals surface area contributed by atoms with Gasteiger partial charge in [0.25, 0.3) is 0 Å². The Kier molecular flexibility index (Phi) is 5.85. The highest BCUT2D eigenvalue weighted by atomic mass is 35.5. The summed E-state index contributed by atoms with van der Waals surface area (Å²) in [6.45, 7) is 2.30. The summed E-state index contributed by atoms with van der Waals surface area (Å²) >= 11 is 0. The number of carbonyl (C=O) groups is 1. The van der Waals surface area contributed by atoms with Crippen molar-refractivity contribution in [1.29, 1.82) is 0 Å². The smallest absolute Gasteiger partial charge is 0.224 e. The molecular formula is C14H19ClN2O3. The summed E-state index contributed by atoms with van der Waals surface area (Å²) in [4.78, 5) is 11.8. The molecule has 0 bridgehead atoms. The summed E-state index contributed by atoms with van der Waals surface area (Å²) in [5, 5.41) is 3.75. The molecular weight excluding hydrogens is 280 g/mol. The fourth-order valence-electron chi connectivity index (χ4n) is 1.89. The van der Waals surface area contributed by atoms with E-state index < -0.39 is 0 Å². The highest BCUT2D eigenvalue weighted by Crippen LogP contribution is 2.25. The maximum absolute atomic E-state index is 11.8. The second kappa shape index (κ2) is 7.17. The molecule has 0 radical (unpaired) electrons. The van der Waals surface area contributed by atoms with E-state index in [-0.39, 0.29) is 30.8 Å². The van der Waals surface area contributed by atoms with Crippen molar-refractivity contribution in [2.75, 3.05) is 13.7 Å². The Balaban J connectivity index is 0.00000200. The number of carbonyl (C=O) groups excluding carboxylic acids is 1. The molecule has 6 heteroatoms. The molecule has 0 aliphatic rings. The molecule has 0 aliphatic heterocycles. The van der Waals surface area contributed by atoms with Crippen LogP contribution in [0.3, 0.4) is 0 Å². The average Bonchev–Trinajstić information content (AvgIpc) is 2.80. The largest absolute Gasteiger partial charge is 0.497 e. The first-order chi connectivity index (χ1) is 9.13. The molecule has 5 nitrogen and oxygen atoms in total. The predicted octanol–water partition coefficient (Wildman–Crippen LogP) is 1.87. The van der Waals surface area contributed by atoms with E-state index in [4.69, 9.17) is 14.9 Å². The van der Waals surface area contributed by atoms with E-state index in [1.807, 2.05) is 19.1 Å². The quantitative estimate of drug-likeness (QED) is 0.883. The zero-order valence-electron chi connectivity index (χ0n) is 11.5. The number of halogens is 1. The van der Waals surface area contributed by atoms with Crippen LogP contribution in [0.4, 0.5) is 0 Å². The maximum atomic E-state index is 11.8. The Morgan fingerprint density at radius 2 is 2.25 bits per heavy atom. The van der Waals surface area contributed by atoms with Crippen LogP contribution >= 0.6 is 12.4 Å². The van der Waals surface area contributed by atoms with Crippen molar-refractivity contribution >= 4 is 29.3 Å². The van der Waals surface area contributed by atoms with Gasteiger partial charge in [0.2, 0.25) is 5.91 Å². The van der Waals surface area contributed by atoms with Crippen LogP contribution in [-0.2, 0) is 11.2 Å². The fourth-order valence-corrected chi connectivity index (χ4v) is 1.89. The minimum atomic E-state index is -0.0588. The molecule has 2 rings (SSSR count). The number of rotatable bonds is 5. The second-order valence-corrected chi connectivity index (χ2v) is 4.50. The molecule has 1 atom stereocenters. The van der Waals surface area contributed by atoms with Crippen LogP contribution < -0.4 is 15.8 Å². The van der Waals surface area contributed by atoms with Crippen molar-refractivity contribution in [2.24, 2.45) is 5.73 Å². The van der Waals surface area contributed by atoms with Crippen molar-refractivity contribution in [1.82, 2.24) is 5.32 Å². The third-order valence-electron chi connectivity index (χ3n) is 2.97. The van der Waals surface area contributed by atoms with Gasteiger partial charge in [-0.1, -0.05) is 0 Å². The van der Waals surface area contributed by atoms with Crippen LogP contribution in [0.1, 0.15) is 12.5 Å². The standard InChI is InChI=1S/C14H18N2O3.ClH/c1-9(7-15)16-14(17)5-10-8-19-13-6-11(18-2)3-4-12(10)13;/h3-4,6,8-9H,5,7,15H2,1-2H3,(H,16,17);1H/t9-;/m0./s1. The number of nitrogens with two attached hydrogens (primary N) is 1. The number of ether oxygens (including phenoxy) is 1. The Bertz CT molecular complexity index is 583. The van der Waals surface area contributed by atoms with Crippen LogP contribution in [0, 0.1) is 0 Å². The minimum Gasteiger partial charge on any atom is -0.497 e. The number of amides is 1. The molecule has 0 saturated heterocycles. The maximum Gasteiger partial charge on any atom is 0.224 e. The summed E-state index contributed by atoms with van der Waals surface area (Å²) in [5.41, 5.74) is 7.05. The van der Waals surface area contributed by atoms with Crippen LogP contribution in [0.5, 0.6) is 5.75 Å². The number of fused-ring (bicyclic) bond motifs is 1. The molecule has 0 aliphatic carbocycles. The van der Waals surface area contributed by atoms with Gasteiger partial charge >= 0.3 is 0 Å². The number of hydrogen-bond donors (Lipinski definition) is 2. The van der Waals surface area contributed by atoms with Gasteiger partial charge < -0.3 is 20.2 Å². The lowest BCUT2D eigenvalue weighted by Gasteiger charge is -2.10. The van der Waals surface area contributed by atoms with Gasteiger partial charge in [-0.25, -0.2) is 0 Å². The number of hydrogen-bond acceptors (Lipinski definition) is 4. The number of furan rings is 1. The number of benzene rings is 1. The molecule has 0 unspecified atom stereocenters. The lowest BCUT2D eigenvalue weighted by atomic mass is 10.1. The molecule has 1 aromatic carbocycles. The van der Waals surface area contributed by atoms with E-state index in [1.54, 1.807) is 19.4 Å². The molecule has 3 N–H and O–H groups in total. The fraction of sp³-hybridized carbons (Fsp3) is 0.357. The molecule has 0 saturated carbocycles. The van der Waals surface area contributed by atoms with Crippen LogP contribution in [-0.4, -0.2) is 25.6 Å². The number of nitrogens with one attached hydrogen (secondary N) is 1. The van der Waals surface area contributed by atoms with Crippen molar-refractivity contribution in [2.45, 2.75) is 19.4 Å². The van der Waals surface area contributed by atoms with Crippen molar-refractivity contribution in [3.8, 4) is 5.75 Å². The van der Waals surface area contributed by atoms with E-state index >= 15 is 0 Å². The summed E-state index contributed by atoms with van der Waals surface area (Å²) < 4.78 is 10.6. The summed E-state index contributed by atoms with van der Waals surface area (Å²) in [7, 11) is 1.60. The van der Waals surface area contributed by atoms with Crippen molar-refractivity contribution in [3.63, 3.8) is 0 Å². The van der Waals surface area contributed by atoms with Crippen LogP contribution in [0.15, 0.2) is 28.9 Å². The summed E-state index contributed by atoms with van der Waals surface area (Å²) in [6, 6.07) is 5.53. The van der Waals surface area contributed by atoms with Crippen molar-refractivity contribution < 1.29 is 13.9 Å². The monoisotopic (exact) mass is 298 g/mol. The second-order valence-electron chi connectivity index (χ2n) is 4.50. The van der Waals surface area contributed by atoms with E-state index in [0.717, 1.165) is 16.7 Å². The van der Waals surface area contributed by atoms with Crippen molar-refractivity contribution in [3.05, 3.63) is 30.0 Å². The highest BCUT2D eigenvalue weighted by Gasteiger charge is 2.12. The van der Waals surface area contributed by atoms with E-state index in [1.165, 1.54) is 0 Å². The van der Waals surface area contributed by atoms with Gasteiger partial charge in [0.05, 0.1) is 19.8 Å². The zero-order valence-corrected chi connectivity index (χ0v) is 12.3. The summed E-state index contributed by atoms with van der Waals surface area (Å²) in [6.07, 6.45) is 1.89. The first-order valence-electron chi connectivity index (χ1n) is 6.17. The molecule has 0 fully saturated rings. The Morgan fingerprint density at radius 3 is 2.90 bits per heavy atom. The molecule has 1 aromatic heterocycles. The van der Waals surface area contributed by atoms with Gasteiger partial charge in [0.1, 0.15) is 11.3 Å². The van der Waals surface area contributed by atoms with Gasteiger partial charge in [-0.15, -0.1) is 12.4 Å². The number of methoxy groups -OCH3 is 1. The van der Waals surface area contributed by atoms with Gasteiger partial charge in [-0.05, 0) is 19.1 Å². The molecule has 20 heavy (non-hydrogen) atoms. The van der Waals surface area contributed by atoms with E-state index in [2.05, 4.69) is 5.32 Å². The third kappa shape index (κ3) is 3.65. The third-order valence-corrected chi connectivity index (χ3v) is 2.97. The minimum absolute atomic E-state index is 0. The SMILES string of the molecule is COc1ccc2c(CC(=O)N[C@@H](C)CN)coc2c1.Cl. The Morgan fingerprint density at radius 1 is 1.50 bits per heavy atom. The topological polar surface area (TPSA) is 77.5 Å². The van der Waals surface area contributed by atoms with Gasteiger partial charge in [-0.2, -0.15) is 0 Å². The first kappa shape index (κ1) is 16.3. The molecule has 1 heterocycles. The lowest BCUT2D eigenvalue weighted by Crippen LogP contribution is -2.38. The molecule has 110 valence electrons. The molecule has 2 aromatic rings. The molecule has 1 amide bonds. The zero-order chi connectivity index (χ0) is 13.8. The van der Waals surface area contributed by atoms with E-state index in [9.17, 15) is 4.79 Å². The van der Waals surface area contributed by atoms with Gasteiger partial charge in [-0.3, -0.25) is 4.79 Å². The Hall–Kier alpha value is -1.72. The van der Waals surface area contributed by atoms with Crippen LogP contribution in [0.25, 0.3) is 11.0 Å². The Labute approximate surface area is 123 Å². The predicted molar refractivity (Wildman–Crippen MR) is 80.4 cm³/mol. The highest BCUT2D eigenvalue weighted by molar-refractivity contribution is 5.88. The normalized spacial score (nSPS) is 11.8. The first-order valence-corrected chi connectivity index (χ1v) is 6.17. The van der Waals surface area contributed by atoms with Gasteiger partial charge in [0, 0.05) is 29.6 Å². The lowest BCUT2D eigenvalue weighted by molar-refractivity contribution is -0.120. The van der Waals surface area contributed by atoms with Crippen LogP contribution in [0.2, 0.25) is 0 Å². The van der Waals surface area contributed by atoms with Gasteiger partial charge in [0.15, 0.2) is 0 Å². The average molecular weight is 299 g/mol. The molecule has 0 spiro atoms. The van der Waals surface area contributed by atoms with E-state index in [0.29, 0.717) is 12.1 Å².